The third-order valence-corrected chi connectivity index (χ3v) is 5.61. The second-order valence-electron chi connectivity index (χ2n) is 7.82. The molecule has 2 heterocycles. The summed E-state index contributed by atoms with van der Waals surface area (Å²) in [5.74, 6) is -0.493. The van der Waals surface area contributed by atoms with Crippen molar-refractivity contribution in [3.05, 3.63) is 90.3 Å². The van der Waals surface area contributed by atoms with Gasteiger partial charge in [0.2, 0.25) is 5.91 Å². The average molecular weight is 431 g/mol. The molecule has 0 saturated carbocycles. The Labute approximate surface area is 187 Å². The molecule has 2 aromatic carbocycles. The molecule has 1 aliphatic rings. The first-order valence-corrected chi connectivity index (χ1v) is 10.8. The lowest BCUT2D eigenvalue weighted by molar-refractivity contribution is -0.121. The Kier molecular flexibility index (Phi) is 6.65. The molecule has 1 saturated heterocycles. The van der Waals surface area contributed by atoms with Gasteiger partial charge in [0.05, 0.1) is 6.54 Å². The van der Waals surface area contributed by atoms with Gasteiger partial charge < -0.3 is 20.1 Å². The van der Waals surface area contributed by atoms with E-state index in [1.54, 1.807) is 24.3 Å². The lowest BCUT2D eigenvalue weighted by Gasteiger charge is -2.32. The number of carbonyl (C=O) groups excluding carboxylic acids is 3. The number of piperidine rings is 1. The second kappa shape index (κ2) is 9.96. The fraction of sp³-hybridized carbons (Fsp3) is 0.240. The summed E-state index contributed by atoms with van der Waals surface area (Å²) >= 11 is 0. The van der Waals surface area contributed by atoms with Crippen LogP contribution in [0.2, 0.25) is 0 Å². The third kappa shape index (κ3) is 5.24. The number of nitrogens with one attached hydrogen (secondary N) is 2. The molecule has 7 heteroatoms. The minimum Gasteiger partial charge on any atom is -0.352 e. The van der Waals surface area contributed by atoms with Gasteiger partial charge in [0, 0.05) is 48.3 Å². The van der Waals surface area contributed by atoms with Crippen LogP contribution in [0.25, 0.3) is 5.69 Å². The van der Waals surface area contributed by atoms with Crippen molar-refractivity contribution in [3.8, 4) is 5.69 Å². The van der Waals surface area contributed by atoms with Crippen molar-refractivity contribution in [2.45, 2.75) is 18.9 Å². The molecule has 32 heavy (non-hydrogen) atoms. The molecule has 7 nitrogen and oxygen atoms in total. The van der Waals surface area contributed by atoms with E-state index in [1.165, 1.54) is 0 Å². The lowest BCUT2D eigenvalue weighted by Crippen LogP contribution is -2.48. The number of rotatable bonds is 6. The molecule has 2 N–H and O–H groups in total. The van der Waals surface area contributed by atoms with Gasteiger partial charge in [0.15, 0.2) is 0 Å². The minimum absolute atomic E-state index is 0.00343. The SMILES string of the molecule is O=C(CNC(=O)c1ccccc1)NC1CCN(C(=O)c2ccc(-n3cccc3)cc2)CC1. The van der Waals surface area contributed by atoms with E-state index in [-0.39, 0.29) is 30.3 Å². The summed E-state index contributed by atoms with van der Waals surface area (Å²) in [5.41, 5.74) is 2.19. The first kappa shape index (κ1) is 21.4. The molecule has 3 amide bonds. The van der Waals surface area contributed by atoms with Gasteiger partial charge in [-0.3, -0.25) is 14.4 Å². The maximum atomic E-state index is 12.8. The normalized spacial score (nSPS) is 14.1. The molecule has 0 unspecified atom stereocenters. The smallest absolute Gasteiger partial charge is 0.253 e. The second-order valence-corrected chi connectivity index (χ2v) is 7.82. The van der Waals surface area contributed by atoms with Crippen molar-refractivity contribution in [3.63, 3.8) is 0 Å². The molecule has 3 aromatic rings. The maximum Gasteiger partial charge on any atom is 0.253 e. The van der Waals surface area contributed by atoms with E-state index in [0.29, 0.717) is 37.1 Å². The summed E-state index contributed by atoms with van der Waals surface area (Å²) in [4.78, 5) is 38.9. The van der Waals surface area contributed by atoms with Crippen molar-refractivity contribution in [2.75, 3.05) is 19.6 Å². The van der Waals surface area contributed by atoms with Crippen LogP contribution in [0.15, 0.2) is 79.1 Å². The molecule has 0 spiro atoms. The van der Waals surface area contributed by atoms with Gasteiger partial charge in [0.25, 0.3) is 11.8 Å². The summed E-state index contributed by atoms with van der Waals surface area (Å²) in [6.07, 6.45) is 5.29. The zero-order valence-electron chi connectivity index (χ0n) is 17.7. The Hall–Kier alpha value is -3.87. The number of aromatic nitrogens is 1. The molecular weight excluding hydrogens is 404 g/mol. The van der Waals surface area contributed by atoms with Crippen molar-refractivity contribution < 1.29 is 14.4 Å². The van der Waals surface area contributed by atoms with E-state index >= 15 is 0 Å². The number of carbonyl (C=O) groups is 3. The monoisotopic (exact) mass is 430 g/mol. The predicted octanol–water partition coefficient (Wildman–Crippen LogP) is 2.63. The molecule has 1 aliphatic heterocycles. The van der Waals surface area contributed by atoms with Crippen molar-refractivity contribution in [2.24, 2.45) is 0 Å². The quantitative estimate of drug-likeness (QED) is 0.631. The van der Waals surface area contributed by atoms with Gasteiger partial charge in [-0.15, -0.1) is 0 Å². The predicted molar refractivity (Wildman–Crippen MR) is 122 cm³/mol. The molecule has 1 aromatic heterocycles. The number of hydrogen-bond donors (Lipinski definition) is 2. The maximum absolute atomic E-state index is 12.8. The zero-order valence-corrected chi connectivity index (χ0v) is 17.7. The van der Waals surface area contributed by atoms with Crippen LogP contribution in [0, 0.1) is 0 Å². The number of nitrogens with zero attached hydrogens (tertiary/aromatic N) is 2. The Morgan fingerprint density at radius 1 is 0.812 bits per heavy atom. The molecule has 4 rings (SSSR count). The Morgan fingerprint density at radius 3 is 2.12 bits per heavy atom. The molecular formula is C25H26N4O3. The number of likely N-dealkylation sites (tertiary alicyclic amines) is 1. The standard InChI is InChI=1S/C25H26N4O3/c30-23(18-26-24(31)19-6-2-1-3-7-19)27-21-12-16-29(17-13-21)25(32)20-8-10-22(11-9-20)28-14-4-5-15-28/h1-11,14-15,21H,12-13,16-18H2,(H,26,31)(H,27,30). The van der Waals surface area contributed by atoms with Crippen LogP contribution >= 0.6 is 0 Å². The Morgan fingerprint density at radius 2 is 1.47 bits per heavy atom. The van der Waals surface area contributed by atoms with E-state index < -0.39 is 0 Å². The van der Waals surface area contributed by atoms with Crippen LogP contribution < -0.4 is 10.6 Å². The molecule has 1 fully saturated rings. The average Bonchev–Trinajstić information content (AvgIpc) is 3.38. The molecule has 164 valence electrons. The van der Waals surface area contributed by atoms with Crippen LogP contribution in [0.1, 0.15) is 33.6 Å². The summed E-state index contributed by atoms with van der Waals surface area (Å²) < 4.78 is 1.99. The molecule has 0 atom stereocenters. The number of amides is 3. The largest absolute Gasteiger partial charge is 0.352 e. The summed E-state index contributed by atoms with van der Waals surface area (Å²) in [6.45, 7) is 1.10. The van der Waals surface area contributed by atoms with Gasteiger partial charge in [-0.05, 0) is 61.4 Å². The van der Waals surface area contributed by atoms with E-state index in [4.69, 9.17) is 0 Å². The zero-order chi connectivity index (χ0) is 22.3. The summed E-state index contributed by atoms with van der Waals surface area (Å²) in [7, 11) is 0. The Balaban J connectivity index is 1.22. The highest BCUT2D eigenvalue weighted by Gasteiger charge is 2.24. The number of benzene rings is 2. The van der Waals surface area contributed by atoms with Gasteiger partial charge >= 0.3 is 0 Å². The third-order valence-electron chi connectivity index (χ3n) is 5.61. The van der Waals surface area contributed by atoms with Crippen molar-refractivity contribution >= 4 is 17.7 Å². The minimum atomic E-state index is -0.274. The van der Waals surface area contributed by atoms with Gasteiger partial charge in [-0.1, -0.05) is 18.2 Å². The summed E-state index contributed by atoms with van der Waals surface area (Å²) in [6, 6.07) is 20.3. The Bertz CT molecular complexity index is 1050. The van der Waals surface area contributed by atoms with E-state index in [0.717, 1.165) is 5.69 Å². The first-order chi connectivity index (χ1) is 15.6. The molecule has 0 bridgehead atoms. The van der Waals surface area contributed by atoms with Crippen molar-refractivity contribution in [1.82, 2.24) is 20.1 Å². The summed E-state index contributed by atoms with van der Waals surface area (Å²) in [5, 5.41) is 5.59. The van der Waals surface area contributed by atoms with Crippen LogP contribution in [-0.2, 0) is 4.79 Å². The molecule has 0 radical (unpaired) electrons. The van der Waals surface area contributed by atoms with Crippen molar-refractivity contribution in [1.29, 1.82) is 0 Å². The van der Waals surface area contributed by atoms with Crippen LogP contribution in [-0.4, -0.2) is 52.9 Å². The van der Waals surface area contributed by atoms with E-state index in [9.17, 15) is 14.4 Å². The number of hydrogen-bond acceptors (Lipinski definition) is 3. The van der Waals surface area contributed by atoms with Gasteiger partial charge in [0.1, 0.15) is 0 Å². The highest BCUT2D eigenvalue weighted by molar-refractivity contribution is 5.96. The van der Waals surface area contributed by atoms with E-state index in [2.05, 4.69) is 10.6 Å². The fourth-order valence-corrected chi connectivity index (χ4v) is 3.82. The van der Waals surface area contributed by atoms with Gasteiger partial charge in [-0.2, -0.15) is 0 Å². The van der Waals surface area contributed by atoms with Gasteiger partial charge in [-0.25, -0.2) is 0 Å². The topological polar surface area (TPSA) is 83.4 Å². The lowest BCUT2D eigenvalue weighted by atomic mass is 10.0. The molecule has 0 aliphatic carbocycles. The van der Waals surface area contributed by atoms with Crippen LogP contribution in [0.3, 0.4) is 0 Å². The van der Waals surface area contributed by atoms with Crippen LogP contribution in [0.5, 0.6) is 0 Å². The highest BCUT2D eigenvalue weighted by Crippen LogP contribution is 2.16. The van der Waals surface area contributed by atoms with Crippen LogP contribution in [0.4, 0.5) is 0 Å². The fourth-order valence-electron chi connectivity index (χ4n) is 3.82. The highest BCUT2D eigenvalue weighted by atomic mass is 16.2. The first-order valence-electron chi connectivity index (χ1n) is 10.8. The van der Waals surface area contributed by atoms with E-state index in [1.807, 2.05) is 64.3 Å².